The molecule has 0 aromatic heterocycles. The Hall–Kier alpha value is -5.99. The van der Waals surface area contributed by atoms with Crippen molar-refractivity contribution in [2.24, 2.45) is 10.2 Å². The lowest BCUT2D eigenvalue weighted by Crippen LogP contribution is -2.18. The fourth-order valence-corrected chi connectivity index (χ4v) is 3.13. The van der Waals surface area contributed by atoms with E-state index in [-0.39, 0.29) is 45.8 Å². The van der Waals surface area contributed by atoms with Crippen LogP contribution in [0.3, 0.4) is 0 Å². The zero-order valence-corrected chi connectivity index (χ0v) is 20.6. The number of nitrogens with zero attached hydrogens (tertiary/aromatic N) is 4. The molecule has 3 N–H and O–H groups in total. The van der Waals surface area contributed by atoms with Gasteiger partial charge < -0.3 is 9.84 Å². The number of rotatable bonds is 10. The van der Waals surface area contributed by atoms with Gasteiger partial charge in [0.05, 0.1) is 34.4 Å². The van der Waals surface area contributed by atoms with Crippen LogP contribution in [0.15, 0.2) is 70.9 Å². The van der Waals surface area contributed by atoms with E-state index < -0.39 is 33.4 Å². The molecular weight excluding hydrogens is 528 g/mol. The van der Waals surface area contributed by atoms with Gasteiger partial charge in [-0.15, -0.1) is 0 Å². The lowest BCUT2D eigenvalue weighted by molar-refractivity contribution is -0.385. The van der Waals surface area contributed by atoms with Crippen molar-refractivity contribution in [3.63, 3.8) is 0 Å². The largest absolute Gasteiger partial charge is 0.507 e. The monoisotopic (exact) mass is 548 g/mol. The second kappa shape index (κ2) is 13.0. The van der Waals surface area contributed by atoms with Gasteiger partial charge in [0.1, 0.15) is 5.75 Å². The molecule has 0 unspecified atom stereocenters. The summed E-state index contributed by atoms with van der Waals surface area (Å²) in [5.74, 6) is -2.52. The van der Waals surface area contributed by atoms with E-state index in [0.717, 1.165) is 36.7 Å². The van der Waals surface area contributed by atoms with Crippen molar-refractivity contribution in [1.29, 1.82) is 0 Å². The standard InChI is InChI=1S/C25H20N6O9/c1-2-40-25(35)17-11-18(13-26-28-23(33)15-3-7-20(8-4-15)30(36)37)22(32)19(12-17)14-27-29-24(34)16-5-9-21(10-6-16)31(38)39/h3-14,32H,2H2,1H3,(H,28,33)(H,29,34). The second-order valence-electron chi connectivity index (χ2n) is 7.73. The highest BCUT2D eigenvalue weighted by molar-refractivity contribution is 6.00. The Kier molecular flexibility index (Phi) is 9.29. The Labute approximate surface area is 225 Å². The maximum Gasteiger partial charge on any atom is 0.338 e. The summed E-state index contributed by atoms with van der Waals surface area (Å²) in [5.41, 5.74) is 4.17. The van der Waals surface area contributed by atoms with Crippen molar-refractivity contribution in [1.82, 2.24) is 10.9 Å². The number of carbonyl (C=O) groups is 3. The van der Waals surface area contributed by atoms with Gasteiger partial charge in [0.2, 0.25) is 0 Å². The van der Waals surface area contributed by atoms with E-state index >= 15 is 0 Å². The summed E-state index contributed by atoms with van der Waals surface area (Å²) in [4.78, 5) is 57.2. The minimum absolute atomic E-state index is 0.00550. The van der Waals surface area contributed by atoms with E-state index in [2.05, 4.69) is 21.1 Å². The third-order valence-electron chi connectivity index (χ3n) is 5.10. The average molecular weight is 548 g/mol. The van der Waals surface area contributed by atoms with Crippen LogP contribution in [0.4, 0.5) is 11.4 Å². The fourth-order valence-electron chi connectivity index (χ4n) is 3.13. The molecule has 0 radical (unpaired) electrons. The molecule has 15 heteroatoms. The third kappa shape index (κ3) is 7.28. The summed E-state index contributed by atoms with van der Waals surface area (Å²) in [6, 6.07) is 12.1. The molecule has 0 aliphatic carbocycles. The SMILES string of the molecule is CCOC(=O)c1cc(C=NNC(=O)c2ccc([N+](=O)[O-])cc2)c(O)c(C=NNC(=O)c2ccc([N+](=O)[O-])cc2)c1. The van der Waals surface area contributed by atoms with Crippen LogP contribution in [-0.2, 0) is 4.74 Å². The molecule has 0 saturated carbocycles. The number of amides is 2. The van der Waals surface area contributed by atoms with Crippen LogP contribution in [0.5, 0.6) is 5.75 Å². The van der Waals surface area contributed by atoms with Gasteiger partial charge in [0, 0.05) is 46.5 Å². The molecule has 40 heavy (non-hydrogen) atoms. The molecule has 0 aliphatic rings. The quantitative estimate of drug-likeness (QED) is 0.147. The lowest BCUT2D eigenvalue weighted by Gasteiger charge is -2.08. The summed E-state index contributed by atoms with van der Waals surface area (Å²) in [5, 5.41) is 39.7. The molecular formula is C25H20N6O9. The smallest absolute Gasteiger partial charge is 0.338 e. The number of nitro groups is 2. The highest BCUT2D eigenvalue weighted by Crippen LogP contribution is 2.23. The first-order chi connectivity index (χ1) is 19.1. The maximum atomic E-state index is 12.3. The number of phenols is 1. The number of non-ortho nitro benzene ring substituents is 2. The van der Waals surface area contributed by atoms with Crippen LogP contribution < -0.4 is 10.9 Å². The average Bonchev–Trinajstić information content (AvgIpc) is 2.94. The van der Waals surface area contributed by atoms with Crippen molar-refractivity contribution < 1.29 is 34.1 Å². The number of ether oxygens (including phenoxy) is 1. The Balaban J connectivity index is 1.79. The van der Waals surface area contributed by atoms with Crippen LogP contribution in [0.25, 0.3) is 0 Å². The van der Waals surface area contributed by atoms with E-state index in [1.54, 1.807) is 6.92 Å². The van der Waals surface area contributed by atoms with Gasteiger partial charge in [-0.25, -0.2) is 15.6 Å². The highest BCUT2D eigenvalue weighted by atomic mass is 16.6. The molecule has 0 heterocycles. The molecule has 0 aliphatic heterocycles. The summed E-state index contributed by atoms with van der Waals surface area (Å²) in [6.07, 6.45) is 2.10. The fraction of sp³-hybridized carbons (Fsp3) is 0.0800. The van der Waals surface area contributed by atoms with Crippen molar-refractivity contribution in [3.8, 4) is 5.75 Å². The molecule has 3 aromatic carbocycles. The van der Waals surface area contributed by atoms with Gasteiger partial charge in [0.25, 0.3) is 23.2 Å². The third-order valence-corrected chi connectivity index (χ3v) is 5.10. The van der Waals surface area contributed by atoms with E-state index in [9.17, 15) is 39.7 Å². The molecule has 0 fully saturated rings. The van der Waals surface area contributed by atoms with E-state index in [4.69, 9.17) is 4.74 Å². The number of hydrazone groups is 2. The number of hydrogen-bond donors (Lipinski definition) is 3. The van der Waals surface area contributed by atoms with Crippen molar-refractivity contribution in [2.75, 3.05) is 6.61 Å². The molecule has 3 rings (SSSR count). The number of aromatic hydroxyl groups is 1. The van der Waals surface area contributed by atoms with Gasteiger partial charge in [-0.1, -0.05) is 0 Å². The van der Waals surface area contributed by atoms with Gasteiger partial charge in [-0.05, 0) is 43.3 Å². The molecule has 15 nitrogen and oxygen atoms in total. The van der Waals surface area contributed by atoms with Gasteiger partial charge in [0.15, 0.2) is 0 Å². The molecule has 204 valence electrons. The first-order valence-electron chi connectivity index (χ1n) is 11.3. The summed E-state index contributed by atoms with van der Waals surface area (Å²) in [7, 11) is 0. The minimum atomic E-state index is -0.725. The van der Waals surface area contributed by atoms with Gasteiger partial charge in [-0.3, -0.25) is 29.8 Å². The topological polar surface area (TPSA) is 216 Å². The Morgan fingerprint density at radius 3 is 1.55 bits per heavy atom. The van der Waals surface area contributed by atoms with Crippen LogP contribution in [0.1, 0.15) is 49.1 Å². The summed E-state index contributed by atoms with van der Waals surface area (Å²) in [6.45, 7) is 1.67. The van der Waals surface area contributed by atoms with Crippen molar-refractivity contribution in [3.05, 3.63) is 109 Å². The van der Waals surface area contributed by atoms with Crippen LogP contribution in [0, 0.1) is 20.2 Å². The second-order valence-corrected chi connectivity index (χ2v) is 7.73. The number of hydrogen-bond acceptors (Lipinski definition) is 11. The molecule has 0 atom stereocenters. The van der Waals surface area contributed by atoms with Crippen LogP contribution >= 0.6 is 0 Å². The highest BCUT2D eigenvalue weighted by Gasteiger charge is 2.15. The molecule has 2 amide bonds. The van der Waals surface area contributed by atoms with Crippen LogP contribution in [0.2, 0.25) is 0 Å². The summed E-state index contributed by atoms with van der Waals surface area (Å²) < 4.78 is 4.99. The van der Waals surface area contributed by atoms with E-state index in [0.29, 0.717) is 0 Å². The minimum Gasteiger partial charge on any atom is -0.507 e. The van der Waals surface area contributed by atoms with Gasteiger partial charge in [-0.2, -0.15) is 10.2 Å². The zero-order chi connectivity index (χ0) is 29.2. The number of nitrogens with one attached hydrogen (secondary N) is 2. The molecule has 3 aromatic rings. The molecule has 0 spiro atoms. The van der Waals surface area contributed by atoms with Crippen molar-refractivity contribution >= 4 is 41.6 Å². The van der Waals surface area contributed by atoms with E-state index in [1.165, 1.54) is 36.4 Å². The molecule has 0 saturated heterocycles. The maximum absolute atomic E-state index is 12.3. The first-order valence-corrected chi connectivity index (χ1v) is 11.3. The summed E-state index contributed by atoms with van der Waals surface area (Å²) >= 11 is 0. The molecule has 0 bridgehead atoms. The number of phenolic OH excluding ortho intramolecular Hbond substituents is 1. The van der Waals surface area contributed by atoms with Gasteiger partial charge >= 0.3 is 5.97 Å². The predicted molar refractivity (Wildman–Crippen MR) is 140 cm³/mol. The van der Waals surface area contributed by atoms with Crippen LogP contribution in [-0.4, -0.2) is 51.8 Å². The Bertz CT molecular complexity index is 1410. The number of nitro benzene ring substituents is 2. The number of carbonyl (C=O) groups excluding carboxylic acids is 3. The van der Waals surface area contributed by atoms with Crippen molar-refractivity contribution in [2.45, 2.75) is 6.92 Å². The Morgan fingerprint density at radius 1 is 0.800 bits per heavy atom. The first kappa shape index (κ1) is 28.6. The predicted octanol–water partition coefficient (Wildman–Crippen LogP) is 2.91. The lowest BCUT2D eigenvalue weighted by atomic mass is 10.0. The Morgan fingerprint density at radius 2 is 1.20 bits per heavy atom. The normalized spacial score (nSPS) is 10.8. The number of esters is 1. The number of benzene rings is 3. The van der Waals surface area contributed by atoms with E-state index in [1.807, 2.05) is 0 Å². The zero-order valence-electron chi connectivity index (χ0n) is 20.6.